The van der Waals surface area contributed by atoms with Gasteiger partial charge in [0.25, 0.3) is 5.91 Å². The molecule has 0 saturated carbocycles. The highest BCUT2D eigenvalue weighted by Gasteiger charge is 2.25. The van der Waals surface area contributed by atoms with Crippen molar-refractivity contribution in [2.24, 2.45) is 5.92 Å². The van der Waals surface area contributed by atoms with Crippen molar-refractivity contribution in [3.8, 4) is 5.75 Å². The van der Waals surface area contributed by atoms with Crippen LogP contribution in [0.15, 0.2) is 35.2 Å². The standard InChI is InChI=1S/C18H23N3O4S2/c1-27(23,24)20-9-14-3-2-8-21(10-14)18(22)15-4-6-17(7-5-15)25-11-16-12-26-13-19-16/h4-7,12-14,20H,2-3,8-11H2,1H3/t14-/m1/s1. The maximum absolute atomic E-state index is 12.7. The van der Waals surface area contributed by atoms with Gasteiger partial charge in [0.1, 0.15) is 12.4 Å². The SMILES string of the molecule is CS(=O)(=O)NC[C@H]1CCCN(C(=O)c2ccc(OCc3cscn3)cc2)C1. The number of hydrogen-bond donors (Lipinski definition) is 1. The van der Waals surface area contributed by atoms with Gasteiger partial charge in [-0.15, -0.1) is 11.3 Å². The molecule has 1 saturated heterocycles. The summed E-state index contributed by atoms with van der Waals surface area (Å²) in [5.74, 6) is 0.789. The minimum absolute atomic E-state index is 0.0369. The van der Waals surface area contributed by atoms with Crippen LogP contribution >= 0.6 is 11.3 Å². The van der Waals surface area contributed by atoms with E-state index in [1.165, 1.54) is 11.3 Å². The van der Waals surface area contributed by atoms with Gasteiger partial charge in [0.2, 0.25) is 10.0 Å². The number of rotatable bonds is 7. The summed E-state index contributed by atoms with van der Waals surface area (Å²) < 4.78 is 30.7. The van der Waals surface area contributed by atoms with E-state index in [0.717, 1.165) is 24.8 Å². The van der Waals surface area contributed by atoms with Crippen molar-refractivity contribution >= 4 is 27.3 Å². The number of amides is 1. The van der Waals surface area contributed by atoms with Crippen molar-refractivity contribution in [3.05, 3.63) is 46.4 Å². The van der Waals surface area contributed by atoms with Crippen molar-refractivity contribution in [2.75, 3.05) is 25.9 Å². The van der Waals surface area contributed by atoms with Crippen LogP contribution in [0, 0.1) is 5.92 Å². The van der Waals surface area contributed by atoms with Gasteiger partial charge in [0.05, 0.1) is 17.5 Å². The van der Waals surface area contributed by atoms with Crippen LogP contribution in [-0.2, 0) is 16.6 Å². The van der Waals surface area contributed by atoms with E-state index in [2.05, 4.69) is 9.71 Å². The molecule has 0 unspecified atom stereocenters. The fourth-order valence-corrected chi connectivity index (χ4v) is 4.11. The molecule has 1 aromatic carbocycles. The lowest BCUT2D eigenvalue weighted by Gasteiger charge is -2.32. The molecule has 1 fully saturated rings. The average Bonchev–Trinajstić information content (AvgIpc) is 3.18. The number of sulfonamides is 1. The molecular formula is C18H23N3O4S2. The summed E-state index contributed by atoms with van der Waals surface area (Å²) in [6.45, 7) is 2.02. The molecule has 9 heteroatoms. The Labute approximate surface area is 163 Å². The number of likely N-dealkylation sites (tertiary alicyclic amines) is 1. The van der Waals surface area contributed by atoms with Gasteiger partial charge in [-0.05, 0) is 43.0 Å². The van der Waals surface area contributed by atoms with E-state index in [1.54, 1.807) is 34.7 Å². The van der Waals surface area contributed by atoms with Gasteiger partial charge in [-0.25, -0.2) is 18.1 Å². The average molecular weight is 410 g/mol. The maximum Gasteiger partial charge on any atom is 0.253 e. The topological polar surface area (TPSA) is 88.6 Å². The molecule has 3 rings (SSSR count). The lowest BCUT2D eigenvalue weighted by atomic mass is 9.97. The van der Waals surface area contributed by atoms with Crippen molar-refractivity contribution in [3.63, 3.8) is 0 Å². The van der Waals surface area contributed by atoms with Gasteiger partial charge >= 0.3 is 0 Å². The number of nitrogens with one attached hydrogen (secondary N) is 1. The molecule has 0 bridgehead atoms. The lowest BCUT2D eigenvalue weighted by molar-refractivity contribution is 0.0676. The molecule has 0 spiro atoms. The van der Waals surface area contributed by atoms with Gasteiger partial charge in [-0.3, -0.25) is 4.79 Å². The monoisotopic (exact) mass is 409 g/mol. The minimum atomic E-state index is -3.21. The zero-order valence-electron chi connectivity index (χ0n) is 15.1. The highest BCUT2D eigenvalue weighted by molar-refractivity contribution is 7.88. The van der Waals surface area contributed by atoms with Gasteiger partial charge in [0, 0.05) is 30.6 Å². The summed E-state index contributed by atoms with van der Waals surface area (Å²) in [4.78, 5) is 18.7. The second-order valence-electron chi connectivity index (χ2n) is 6.67. The van der Waals surface area contributed by atoms with Crippen LogP contribution < -0.4 is 9.46 Å². The Morgan fingerprint density at radius 1 is 1.37 bits per heavy atom. The molecule has 146 valence electrons. The first-order valence-corrected chi connectivity index (χ1v) is 11.6. The van der Waals surface area contributed by atoms with Gasteiger partial charge in [0.15, 0.2) is 0 Å². The van der Waals surface area contributed by atoms with Crippen LogP contribution in [0.25, 0.3) is 0 Å². The van der Waals surface area contributed by atoms with Gasteiger partial charge in [-0.1, -0.05) is 0 Å². The maximum atomic E-state index is 12.7. The molecular weight excluding hydrogens is 386 g/mol. The van der Waals surface area contributed by atoms with E-state index < -0.39 is 10.0 Å². The molecule has 1 aromatic heterocycles. The number of nitrogens with zero attached hydrogens (tertiary/aromatic N) is 2. The number of ether oxygens (including phenoxy) is 1. The van der Waals surface area contributed by atoms with Crippen molar-refractivity contribution in [1.29, 1.82) is 0 Å². The molecule has 0 aliphatic carbocycles. The Hall–Kier alpha value is -1.97. The number of hydrogen-bond acceptors (Lipinski definition) is 6. The number of carbonyl (C=O) groups is 1. The molecule has 1 N–H and O–H groups in total. The van der Waals surface area contributed by atoms with Gasteiger partial charge < -0.3 is 9.64 Å². The largest absolute Gasteiger partial charge is 0.487 e. The number of piperidine rings is 1. The van der Waals surface area contributed by atoms with Crippen LogP contribution in [0.3, 0.4) is 0 Å². The van der Waals surface area contributed by atoms with Crippen LogP contribution in [0.4, 0.5) is 0 Å². The molecule has 1 atom stereocenters. The Bertz CT molecular complexity index is 851. The number of benzene rings is 1. The Kier molecular flexibility index (Phi) is 6.46. The first-order chi connectivity index (χ1) is 12.9. The number of thiazole rings is 1. The Morgan fingerprint density at radius 3 is 2.81 bits per heavy atom. The zero-order chi connectivity index (χ0) is 19.3. The summed E-state index contributed by atoms with van der Waals surface area (Å²) >= 11 is 1.52. The van der Waals surface area contributed by atoms with Crippen molar-refractivity contribution in [2.45, 2.75) is 19.4 Å². The second-order valence-corrected chi connectivity index (χ2v) is 9.22. The van der Waals surface area contributed by atoms with Crippen LogP contribution in [0.1, 0.15) is 28.9 Å². The molecule has 1 amide bonds. The van der Waals surface area contributed by atoms with E-state index in [1.807, 2.05) is 5.38 Å². The fraction of sp³-hybridized carbons (Fsp3) is 0.444. The van der Waals surface area contributed by atoms with E-state index in [0.29, 0.717) is 37.6 Å². The highest BCUT2D eigenvalue weighted by atomic mass is 32.2. The summed E-state index contributed by atoms with van der Waals surface area (Å²) in [7, 11) is -3.21. The normalized spacial score (nSPS) is 17.7. The molecule has 7 nitrogen and oxygen atoms in total. The van der Waals surface area contributed by atoms with Crippen molar-refractivity contribution in [1.82, 2.24) is 14.6 Å². The smallest absolute Gasteiger partial charge is 0.253 e. The quantitative estimate of drug-likeness (QED) is 0.757. The van der Waals surface area contributed by atoms with Crippen LogP contribution in [-0.4, -0.2) is 50.1 Å². The summed E-state index contributed by atoms with van der Waals surface area (Å²) in [6.07, 6.45) is 2.93. The highest BCUT2D eigenvalue weighted by Crippen LogP contribution is 2.20. The molecule has 2 heterocycles. The van der Waals surface area contributed by atoms with Crippen LogP contribution in [0.5, 0.6) is 5.75 Å². The summed E-state index contributed by atoms with van der Waals surface area (Å²) in [5, 5.41) is 1.93. The van der Waals surface area contributed by atoms with E-state index in [9.17, 15) is 13.2 Å². The minimum Gasteiger partial charge on any atom is -0.487 e. The first-order valence-electron chi connectivity index (χ1n) is 8.74. The van der Waals surface area contributed by atoms with Gasteiger partial charge in [-0.2, -0.15) is 0 Å². The molecule has 1 aliphatic heterocycles. The van der Waals surface area contributed by atoms with E-state index >= 15 is 0 Å². The predicted molar refractivity (Wildman–Crippen MR) is 104 cm³/mol. The molecule has 27 heavy (non-hydrogen) atoms. The second kappa shape index (κ2) is 8.81. The lowest BCUT2D eigenvalue weighted by Crippen LogP contribution is -2.43. The summed E-state index contributed by atoms with van der Waals surface area (Å²) in [5.41, 5.74) is 3.24. The zero-order valence-corrected chi connectivity index (χ0v) is 16.8. The Balaban J connectivity index is 1.54. The molecule has 2 aromatic rings. The Morgan fingerprint density at radius 2 is 2.15 bits per heavy atom. The first kappa shape index (κ1) is 19.8. The number of carbonyl (C=O) groups excluding carboxylic acids is 1. The third kappa shape index (κ3) is 6.02. The third-order valence-corrected chi connectivity index (χ3v) is 5.74. The molecule has 0 radical (unpaired) electrons. The van der Waals surface area contributed by atoms with Crippen LogP contribution in [0.2, 0.25) is 0 Å². The third-order valence-electron chi connectivity index (χ3n) is 4.41. The predicted octanol–water partition coefficient (Wildman–Crippen LogP) is 2.12. The fourth-order valence-electron chi connectivity index (χ4n) is 3.03. The molecule has 1 aliphatic rings. The van der Waals surface area contributed by atoms with Crippen molar-refractivity contribution < 1.29 is 17.9 Å². The summed E-state index contributed by atoms with van der Waals surface area (Å²) in [6, 6.07) is 7.09. The van der Waals surface area contributed by atoms with E-state index in [4.69, 9.17) is 4.74 Å². The number of aromatic nitrogens is 1. The van der Waals surface area contributed by atoms with E-state index in [-0.39, 0.29) is 11.8 Å².